The number of nitrogens with zero attached hydrogens (tertiary/aromatic N) is 1. The van der Waals surface area contributed by atoms with Crippen LogP contribution in [0.3, 0.4) is 0 Å². The van der Waals surface area contributed by atoms with Crippen molar-refractivity contribution in [3.63, 3.8) is 0 Å². The molecule has 0 radical (unpaired) electrons. The van der Waals surface area contributed by atoms with Crippen molar-refractivity contribution < 1.29 is 14.3 Å². The van der Waals surface area contributed by atoms with E-state index in [0.717, 1.165) is 26.3 Å². The number of carbonyl (C=O) groups is 1. The van der Waals surface area contributed by atoms with Crippen LogP contribution in [0, 0.1) is 6.92 Å². The number of carbonyl (C=O) groups excluding carboxylic acids is 1. The predicted octanol–water partition coefficient (Wildman–Crippen LogP) is 0.458. The fourth-order valence-electron chi connectivity index (χ4n) is 2.81. The number of hydrogen-bond acceptors (Lipinski definition) is 5. The lowest BCUT2D eigenvalue weighted by Gasteiger charge is -2.35. The van der Waals surface area contributed by atoms with Gasteiger partial charge in [-0.05, 0) is 12.5 Å². The van der Waals surface area contributed by atoms with Gasteiger partial charge < -0.3 is 20.5 Å². The minimum absolute atomic E-state index is 0.123. The Morgan fingerprint density at radius 3 is 2.83 bits per heavy atom. The van der Waals surface area contributed by atoms with Gasteiger partial charge in [0.05, 0.1) is 25.9 Å². The Bertz CT molecular complexity index is 504. The molecule has 1 heterocycles. The summed E-state index contributed by atoms with van der Waals surface area (Å²) in [6.07, 6.45) is 0. The average molecular weight is 321 g/mol. The summed E-state index contributed by atoms with van der Waals surface area (Å²) in [5.74, 6) is -0.183. The van der Waals surface area contributed by atoms with Crippen molar-refractivity contribution in [2.45, 2.75) is 19.0 Å². The maximum Gasteiger partial charge on any atom is 0.239 e. The Labute approximate surface area is 137 Å². The molecule has 0 spiro atoms. The largest absolute Gasteiger partial charge is 0.383 e. The lowest BCUT2D eigenvalue weighted by molar-refractivity contribution is -0.123. The van der Waals surface area contributed by atoms with Crippen molar-refractivity contribution in [1.82, 2.24) is 10.2 Å². The molecule has 2 unspecified atom stereocenters. The number of benzene rings is 1. The van der Waals surface area contributed by atoms with Gasteiger partial charge in [-0.3, -0.25) is 9.69 Å². The first-order valence-corrected chi connectivity index (χ1v) is 8.02. The molecule has 6 heteroatoms. The molecule has 1 aromatic carbocycles. The number of amides is 1. The van der Waals surface area contributed by atoms with Crippen LogP contribution in [0.25, 0.3) is 0 Å². The summed E-state index contributed by atoms with van der Waals surface area (Å²) in [5.41, 5.74) is 8.20. The SMILES string of the molecule is COCC(N)C(=O)NCC(c1cccc(C)c1)N1CCOCC1. The molecule has 0 bridgehead atoms. The predicted molar refractivity (Wildman–Crippen MR) is 89.2 cm³/mol. The molecule has 1 aliphatic heterocycles. The second-order valence-corrected chi connectivity index (χ2v) is 5.89. The van der Waals surface area contributed by atoms with E-state index in [1.807, 2.05) is 0 Å². The monoisotopic (exact) mass is 321 g/mol. The normalized spacial score (nSPS) is 18.4. The van der Waals surface area contributed by atoms with Crippen molar-refractivity contribution >= 4 is 5.91 Å². The first-order chi connectivity index (χ1) is 11.1. The standard InChI is InChI=1S/C17H27N3O3/c1-13-4-3-5-14(10-13)16(20-6-8-23-9-7-20)11-19-17(21)15(18)12-22-2/h3-5,10,15-16H,6-9,11-12,18H2,1-2H3,(H,19,21). The van der Waals surface area contributed by atoms with E-state index in [2.05, 4.69) is 41.4 Å². The van der Waals surface area contributed by atoms with Crippen molar-refractivity contribution in [3.8, 4) is 0 Å². The van der Waals surface area contributed by atoms with Crippen LogP contribution in [0.15, 0.2) is 24.3 Å². The molecule has 6 nitrogen and oxygen atoms in total. The number of aryl methyl sites for hydroxylation is 1. The van der Waals surface area contributed by atoms with Gasteiger partial charge in [0.2, 0.25) is 5.91 Å². The Kier molecular flexibility index (Phi) is 6.98. The third-order valence-corrected chi connectivity index (χ3v) is 4.07. The number of morpholine rings is 1. The Morgan fingerprint density at radius 2 is 2.17 bits per heavy atom. The topological polar surface area (TPSA) is 76.8 Å². The molecule has 3 N–H and O–H groups in total. The second-order valence-electron chi connectivity index (χ2n) is 5.89. The van der Waals surface area contributed by atoms with Crippen LogP contribution < -0.4 is 11.1 Å². The number of hydrogen-bond donors (Lipinski definition) is 2. The van der Waals surface area contributed by atoms with Gasteiger partial charge in [0.1, 0.15) is 6.04 Å². The minimum atomic E-state index is -0.636. The number of rotatable bonds is 7. The zero-order valence-corrected chi connectivity index (χ0v) is 14.0. The number of nitrogens with two attached hydrogens (primary N) is 1. The number of nitrogens with one attached hydrogen (secondary N) is 1. The van der Waals surface area contributed by atoms with E-state index in [1.54, 1.807) is 0 Å². The van der Waals surface area contributed by atoms with Crippen LogP contribution in [0.1, 0.15) is 17.2 Å². The van der Waals surface area contributed by atoms with Gasteiger partial charge in [-0.2, -0.15) is 0 Å². The van der Waals surface area contributed by atoms with Crippen molar-refractivity contribution in [3.05, 3.63) is 35.4 Å². The van der Waals surface area contributed by atoms with Crippen LogP contribution >= 0.6 is 0 Å². The third-order valence-electron chi connectivity index (χ3n) is 4.07. The lowest BCUT2D eigenvalue weighted by Crippen LogP contribution is -2.48. The number of ether oxygens (including phenoxy) is 2. The Morgan fingerprint density at radius 1 is 1.43 bits per heavy atom. The van der Waals surface area contributed by atoms with Crippen LogP contribution in [0.4, 0.5) is 0 Å². The smallest absolute Gasteiger partial charge is 0.239 e. The fourth-order valence-corrected chi connectivity index (χ4v) is 2.81. The van der Waals surface area contributed by atoms with Gasteiger partial charge in [-0.15, -0.1) is 0 Å². The fraction of sp³-hybridized carbons (Fsp3) is 0.588. The molecule has 0 aliphatic carbocycles. The van der Waals surface area contributed by atoms with Gasteiger partial charge >= 0.3 is 0 Å². The third kappa shape index (κ3) is 5.28. The maximum absolute atomic E-state index is 12.1. The number of methoxy groups -OCH3 is 1. The molecule has 2 atom stereocenters. The molecule has 0 aromatic heterocycles. The summed E-state index contributed by atoms with van der Waals surface area (Å²) >= 11 is 0. The minimum Gasteiger partial charge on any atom is -0.383 e. The van der Waals surface area contributed by atoms with Crippen molar-refractivity contribution in [2.75, 3.05) is 46.6 Å². The summed E-state index contributed by atoms with van der Waals surface area (Å²) in [6, 6.07) is 7.89. The zero-order valence-electron chi connectivity index (χ0n) is 14.0. The maximum atomic E-state index is 12.1. The molecular formula is C17H27N3O3. The van der Waals surface area contributed by atoms with Gasteiger partial charge in [0.25, 0.3) is 0 Å². The van der Waals surface area contributed by atoms with Crippen molar-refractivity contribution in [2.24, 2.45) is 5.73 Å². The summed E-state index contributed by atoms with van der Waals surface area (Å²) in [7, 11) is 1.54. The van der Waals surface area contributed by atoms with E-state index >= 15 is 0 Å². The molecule has 1 saturated heterocycles. The van der Waals surface area contributed by atoms with Gasteiger partial charge in [0, 0.05) is 26.7 Å². The second kappa shape index (κ2) is 8.98. The van der Waals surface area contributed by atoms with E-state index in [0.29, 0.717) is 6.54 Å². The molecule has 1 aromatic rings. The van der Waals surface area contributed by atoms with Crippen molar-refractivity contribution in [1.29, 1.82) is 0 Å². The molecule has 23 heavy (non-hydrogen) atoms. The molecule has 1 aliphatic rings. The zero-order chi connectivity index (χ0) is 16.7. The highest BCUT2D eigenvalue weighted by Crippen LogP contribution is 2.22. The summed E-state index contributed by atoms with van der Waals surface area (Å²) in [5, 5.41) is 2.96. The molecular weight excluding hydrogens is 294 g/mol. The highest BCUT2D eigenvalue weighted by atomic mass is 16.5. The van der Waals surface area contributed by atoms with Crippen LogP contribution in [-0.2, 0) is 14.3 Å². The van der Waals surface area contributed by atoms with Crippen LogP contribution in [0.5, 0.6) is 0 Å². The first-order valence-electron chi connectivity index (χ1n) is 8.02. The molecule has 2 rings (SSSR count). The van der Waals surface area contributed by atoms with E-state index in [4.69, 9.17) is 15.2 Å². The van der Waals surface area contributed by atoms with Crippen LogP contribution in [0.2, 0.25) is 0 Å². The highest BCUT2D eigenvalue weighted by molar-refractivity contribution is 5.81. The van der Waals surface area contributed by atoms with E-state index in [1.165, 1.54) is 18.2 Å². The van der Waals surface area contributed by atoms with E-state index in [-0.39, 0.29) is 18.6 Å². The molecule has 128 valence electrons. The summed E-state index contributed by atoms with van der Waals surface area (Å²) in [4.78, 5) is 14.4. The summed E-state index contributed by atoms with van der Waals surface area (Å²) in [6.45, 7) is 5.99. The van der Waals surface area contributed by atoms with Gasteiger partial charge in [0.15, 0.2) is 0 Å². The van der Waals surface area contributed by atoms with Gasteiger partial charge in [-0.25, -0.2) is 0 Å². The van der Waals surface area contributed by atoms with Gasteiger partial charge in [-0.1, -0.05) is 29.8 Å². The molecule has 1 amide bonds. The molecule has 0 saturated carbocycles. The average Bonchev–Trinajstić information content (AvgIpc) is 2.56. The highest BCUT2D eigenvalue weighted by Gasteiger charge is 2.24. The Balaban J connectivity index is 2.06. The quantitative estimate of drug-likeness (QED) is 0.763. The lowest BCUT2D eigenvalue weighted by atomic mass is 10.0. The molecule has 1 fully saturated rings. The van der Waals surface area contributed by atoms with E-state index in [9.17, 15) is 4.79 Å². The van der Waals surface area contributed by atoms with Crippen LogP contribution in [-0.4, -0.2) is 63.4 Å². The summed E-state index contributed by atoms with van der Waals surface area (Å²) < 4.78 is 10.4. The Hall–Kier alpha value is -1.47. The van der Waals surface area contributed by atoms with E-state index < -0.39 is 6.04 Å². The first kappa shape index (κ1) is 17.9.